The van der Waals surface area contributed by atoms with Gasteiger partial charge in [0.25, 0.3) is 5.91 Å². The monoisotopic (exact) mass is 267 g/mol. The molecule has 1 aliphatic heterocycles. The fraction of sp³-hybridized carbons (Fsp3) is 0.235. The highest BCUT2D eigenvalue weighted by molar-refractivity contribution is 6.07. The topological polar surface area (TPSA) is 40.5 Å². The van der Waals surface area contributed by atoms with Crippen LogP contribution in [0.25, 0.3) is 0 Å². The number of para-hydroxylation sites is 1. The van der Waals surface area contributed by atoms with Crippen LogP contribution in [0, 0.1) is 5.92 Å². The summed E-state index contributed by atoms with van der Waals surface area (Å²) in [5.41, 5.74) is 2.72. The third-order valence-corrected chi connectivity index (χ3v) is 3.68. The third-order valence-electron chi connectivity index (χ3n) is 3.68. The zero-order chi connectivity index (χ0) is 14.1. The number of phenols is 1. The Morgan fingerprint density at radius 3 is 2.80 bits per heavy atom. The molecule has 20 heavy (non-hydrogen) atoms. The fourth-order valence-electron chi connectivity index (χ4n) is 2.78. The molecule has 0 fully saturated rings. The van der Waals surface area contributed by atoms with Crippen LogP contribution in [-0.2, 0) is 6.42 Å². The van der Waals surface area contributed by atoms with Crippen molar-refractivity contribution in [3.05, 3.63) is 59.7 Å². The lowest BCUT2D eigenvalue weighted by Crippen LogP contribution is -2.39. The number of phenolic OH excluding ortho intramolecular Hbond substituents is 1. The maximum absolute atomic E-state index is 12.7. The predicted molar refractivity (Wildman–Crippen MR) is 79.1 cm³/mol. The van der Waals surface area contributed by atoms with Crippen molar-refractivity contribution in [2.45, 2.75) is 13.3 Å². The van der Waals surface area contributed by atoms with Crippen molar-refractivity contribution >= 4 is 11.6 Å². The molecule has 0 aliphatic carbocycles. The minimum absolute atomic E-state index is 0.0556. The van der Waals surface area contributed by atoms with Crippen LogP contribution in [-0.4, -0.2) is 17.6 Å². The number of amides is 1. The van der Waals surface area contributed by atoms with Gasteiger partial charge in [-0.25, -0.2) is 0 Å². The summed E-state index contributed by atoms with van der Waals surface area (Å²) in [6, 6.07) is 14.6. The molecule has 2 aromatic carbocycles. The summed E-state index contributed by atoms with van der Waals surface area (Å²) in [6.07, 6.45) is 1.000. The van der Waals surface area contributed by atoms with Gasteiger partial charge in [0, 0.05) is 17.8 Å². The van der Waals surface area contributed by atoms with Gasteiger partial charge in [-0.1, -0.05) is 31.2 Å². The second kappa shape index (κ2) is 5.00. The SMILES string of the molecule is CC1Cc2ccccc2N(C(=O)c2cccc(O)c2)C1. The summed E-state index contributed by atoms with van der Waals surface area (Å²) in [5.74, 6) is 0.500. The normalized spacial score (nSPS) is 17.6. The number of anilines is 1. The predicted octanol–water partition coefficient (Wildman–Crippen LogP) is 3.23. The van der Waals surface area contributed by atoms with Crippen molar-refractivity contribution in [1.82, 2.24) is 0 Å². The average Bonchev–Trinajstić information content (AvgIpc) is 2.45. The number of carbonyl (C=O) groups is 1. The number of aromatic hydroxyl groups is 1. The van der Waals surface area contributed by atoms with Crippen molar-refractivity contribution in [2.75, 3.05) is 11.4 Å². The lowest BCUT2D eigenvalue weighted by molar-refractivity contribution is 0.0980. The molecule has 2 aromatic rings. The zero-order valence-corrected chi connectivity index (χ0v) is 11.4. The molecule has 3 nitrogen and oxygen atoms in total. The second-order valence-corrected chi connectivity index (χ2v) is 5.40. The molecule has 0 aromatic heterocycles. The van der Waals surface area contributed by atoms with Gasteiger partial charge in [-0.05, 0) is 42.2 Å². The van der Waals surface area contributed by atoms with E-state index in [4.69, 9.17) is 0 Å². The molecule has 1 unspecified atom stereocenters. The molecule has 1 N–H and O–H groups in total. The third kappa shape index (κ3) is 2.27. The number of carbonyl (C=O) groups excluding carboxylic acids is 1. The molecule has 1 aliphatic rings. The average molecular weight is 267 g/mol. The quantitative estimate of drug-likeness (QED) is 0.861. The molecule has 0 saturated heterocycles. The zero-order valence-electron chi connectivity index (χ0n) is 11.4. The summed E-state index contributed by atoms with van der Waals surface area (Å²) in [4.78, 5) is 14.5. The Labute approximate surface area is 118 Å². The maximum Gasteiger partial charge on any atom is 0.258 e. The molecule has 0 radical (unpaired) electrons. The largest absolute Gasteiger partial charge is 0.508 e. The summed E-state index contributed by atoms with van der Waals surface area (Å²) in [5, 5.41) is 9.54. The summed E-state index contributed by atoms with van der Waals surface area (Å²) in [7, 11) is 0. The van der Waals surface area contributed by atoms with Gasteiger partial charge in [0.05, 0.1) is 0 Å². The van der Waals surface area contributed by atoms with E-state index < -0.39 is 0 Å². The van der Waals surface area contributed by atoms with Crippen molar-refractivity contribution in [1.29, 1.82) is 0 Å². The molecule has 0 spiro atoms. The number of fused-ring (bicyclic) bond motifs is 1. The highest BCUT2D eigenvalue weighted by Gasteiger charge is 2.26. The minimum atomic E-state index is -0.0556. The van der Waals surface area contributed by atoms with E-state index in [-0.39, 0.29) is 11.7 Å². The van der Waals surface area contributed by atoms with Crippen LogP contribution in [0.4, 0.5) is 5.69 Å². The Morgan fingerprint density at radius 2 is 2.00 bits per heavy atom. The highest BCUT2D eigenvalue weighted by Crippen LogP contribution is 2.30. The second-order valence-electron chi connectivity index (χ2n) is 5.40. The van der Waals surface area contributed by atoms with E-state index in [1.807, 2.05) is 23.1 Å². The maximum atomic E-state index is 12.7. The fourth-order valence-corrected chi connectivity index (χ4v) is 2.78. The molecular weight excluding hydrogens is 250 g/mol. The smallest absolute Gasteiger partial charge is 0.258 e. The van der Waals surface area contributed by atoms with Crippen LogP contribution in [0.15, 0.2) is 48.5 Å². The van der Waals surface area contributed by atoms with Gasteiger partial charge in [-0.2, -0.15) is 0 Å². The first-order chi connectivity index (χ1) is 9.65. The Bertz CT molecular complexity index is 651. The number of rotatable bonds is 1. The van der Waals surface area contributed by atoms with Crippen molar-refractivity contribution in [3.63, 3.8) is 0 Å². The number of benzene rings is 2. The first-order valence-electron chi connectivity index (χ1n) is 6.84. The summed E-state index contributed by atoms with van der Waals surface area (Å²) >= 11 is 0. The van der Waals surface area contributed by atoms with Gasteiger partial charge in [0.15, 0.2) is 0 Å². The van der Waals surface area contributed by atoms with Gasteiger partial charge in [0.2, 0.25) is 0 Å². The Hall–Kier alpha value is -2.29. The van der Waals surface area contributed by atoms with E-state index in [1.54, 1.807) is 18.2 Å². The van der Waals surface area contributed by atoms with Crippen molar-refractivity contribution in [2.24, 2.45) is 5.92 Å². The van der Waals surface area contributed by atoms with E-state index in [0.29, 0.717) is 18.0 Å². The molecule has 3 rings (SSSR count). The molecule has 3 heteroatoms. The molecule has 0 bridgehead atoms. The molecule has 0 saturated carbocycles. The van der Waals surface area contributed by atoms with Crippen LogP contribution in [0.2, 0.25) is 0 Å². The van der Waals surface area contributed by atoms with E-state index >= 15 is 0 Å². The standard InChI is InChI=1S/C17H17NO2/c1-12-9-13-5-2-3-8-16(13)18(11-12)17(20)14-6-4-7-15(19)10-14/h2-8,10,12,19H,9,11H2,1H3. The van der Waals surface area contributed by atoms with Crippen LogP contribution in [0.5, 0.6) is 5.75 Å². The van der Waals surface area contributed by atoms with Crippen molar-refractivity contribution in [3.8, 4) is 5.75 Å². The molecule has 102 valence electrons. The number of hydrogen-bond acceptors (Lipinski definition) is 2. The Balaban J connectivity index is 2.00. The first kappa shape index (κ1) is 12.7. The molecule has 1 atom stereocenters. The molecular formula is C17H17NO2. The van der Waals surface area contributed by atoms with Crippen molar-refractivity contribution < 1.29 is 9.90 Å². The molecule has 1 heterocycles. The van der Waals surface area contributed by atoms with Gasteiger partial charge in [0.1, 0.15) is 5.75 Å². The van der Waals surface area contributed by atoms with Gasteiger partial charge >= 0.3 is 0 Å². The van der Waals surface area contributed by atoms with Crippen LogP contribution >= 0.6 is 0 Å². The Morgan fingerprint density at radius 1 is 1.20 bits per heavy atom. The lowest BCUT2D eigenvalue weighted by atomic mass is 9.93. The Kier molecular flexibility index (Phi) is 3.18. The van der Waals surface area contributed by atoms with Gasteiger partial charge in [-0.15, -0.1) is 0 Å². The van der Waals surface area contributed by atoms with Crippen LogP contribution in [0.3, 0.4) is 0 Å². The number of hydrogen-bond donors (Lipinski definition) is 1. The van der Waals surface area contributed by atoms with Gasteiger partial charge < -0.3 is 10.0 Å². The van der Waals surface area contributed by atoms with E-state index in [0.717, 1.165) is 12.1 Å². The highest BCUT2D eigenvalue weighted by atomic mass is 16.3. The molecule has 1 amide bonds. The van der Waals surface area contributed by atoms with Gasteiger partial charge in [-0.3, -0.25) is 4.79 Å². The van der Waals surface area contributed by atoms with E-state index in [1.165, 1.54) is 11.6 Å². The summed E-state index contributed by atoms with van der Waals surface area (Å²) in [6.45, 7) is 2.87. The first-order valence-corrected chi connectivity index (χ1v) is 6.84. The van der Waals surface area contributed by atoms with Crippen LogP contribution < -0.4 is 4.90 Å². The number of nitrogens with zero attached hydrogens (tertiary/aromatic N) is 1. The summed E-state index contributed by atoms with van der Waals surface area (Å²) < 4.78 is 0. The van der Waals surface area contributed by atoms with Crippen LogP contribution in [0.1, 0.15) is 22.8 Å². The van der Waals surface area contributed by atoms with E-state index in [2.05, 4.69) is 13.0 Å². The lowest BCUT2D eigenvalue weighted by Gasteiger charge is -2.33. The van der Waals surface area contributed by atoms with E-state index in [9.17, 15) is 9.90 Å². The minimum Gasteiger partial charge on any atom is -0.508 e.